The summed E-state index contributed by atoms with van der Waals surface area (Å²) in [4.78, 5) is 22.3. The van der Waals surface area contributed by atoms with Crippen molar-refractivity contribution >= 4 is 11.6 Å². The fraction of sp³-hybridized carbons (Fsp3) is 0. The summed E-state index contributed by atoms with van der Waals surface area (Å²) in [5, 5.41) is 2.06. The largest absolute Gasteiger partial charge is 0.430 e. The van der Waals surface area contributed by atoms with Gasteiger partial charge in [-0.05, 0) is 18.2 Å². The molecule has 4 nitrogen and oxygen atoms in total. The molecule has 1 amide bonds. The number of anilines is 1. The van der Waals surface area contributed by atoms with Crippen LogP contribution in [0.25, 0.3) is 0 Å². The maximum Gasteiger partial charge on any atom is 0.335 e. The molecule has 0 spiro atoms. The minimum absolute atomic E-state index is 0.0164. The average Bonchev–Trinajstić information content (AvgIpc) is 2.34. The number of hydrogen-bond donors (Lipinski definition) is 1. The molecule has 1 aromatic carbocycles. The summed E-state index contributed by atoms with van der Waals surface area (Å²) in [5.74, 6) is -2.55. The van der Waals surface area contributed by atoms with Crippen LogP contribution in [0.5, 0.6) is 0 Å². The molecule has 0 saturated heterocycles. The predicted octanol–water partition coefficient (Wildman–Crippen LogP) is 2.17. The third-order valence-corrected chi connectivity index (χ3v) is 2.16. The van der Waals surface area contributed by atoms with Crippen molar-refractivity contribution in [2.45, 2.75) is 0 Å². The summed E-state index contributed by atoms with van der Waals surface area (Å²) in [7, 11) is 0. The molecule has 1 N–H and O–H groups in total. The molecular formula is C12H7F2NO3. The first-order valence-electron chi connectivity index (χ1n) is 4.92. The van der Waals surface area contributed by atoms with Crippen molar-refractivity contribution in [3.05, 3.63) is 64.2 Å². The Morgan fingerprint density at radius 1 is 1.11 bits per heavy atom. The van der Waals surface area contributed by atoms with E-state index < -0.39 is 28.9 Å². The zero-order valence-electron chi connectivity index (χ0n) is 8.94. The zero-order valence-corrected chi connectivity index (χ0v) is 8.94. The van der Waals surface area contributed by atoms with Crippen LogP contribution in [-0.2, 0) is 0 Å². The van der Waals surface area contributed by atoms with E-state index in [1.165, 1.54) is 12.1 Å². The van der Waals surface area contributed by atoms with Crippen LogP contribution in [0.3, 0.4) is 0 Å². The molecule has 0 radical (unpaired) electrons. The first-order chi connectivity index (χ1) is 8.58. The van der Waals surface area contributed by atoms with Gasteiger partial charge in [0.15, 0.2) is 0 Å². The number of nitrogens with one attached hydrogen (secondary N) is 1. The van der Waals surface area contributed by atoms with Crippen LogP contribution < -0.4 is 10.9 Å². The number of rotatable bonds is 2. The Morgan fingerprint density at radius 2 is 1.78 bits per heavy atom. The minimum atomic E-state index is -0.888. The monoisotopic (exact) mass is 251 g/mol. The topological polar surface area (TPSA) is 59.3 Å². The van der Waals surface area contributed by atoms with Crippen molar-refractivity contribution in [1.82, 2.24) is 0 Å². The summed E-state index contributed by atoms with van der Waals surface area (Å²) in [6, 6.07) is 5.45. The van der Waals surface area contributed by atoms with Gasteiger partial charge < -0.3 is 9.73 Å². The van der Waals surface area contributed by atoms with E-state index in [9.17, 15) is 18.4 Å². The van der Waals surface area contributed by atoms with Crippen LogP contribution in [0.1, 0.15) is 10.4 Å². The van der Waals surface area contributed by atoms with Crippen molar-refractivity contribution in [1.29, 1.82) is 0 Å². The summed E-state index contributed by atoms with van der Waals surface area (Å²) in [6.45, 7) is 0. The molecule has 0 bridgehead atoms. The number of benzene rings is 1. The molecule has 0 aliphatic rings. The Bertz CT molecular complexity index is 611. The predicted molar refractivity (Wildman–Crippen MR) is 59.3 cm³/mol. The lowest BCUT2D eigenvalue weighted by Gasteiger charge is -2.06. The second kappa shape index (κ2) is 4.79. The van der Waals surface area contributed by atoms with Crippen LogP contribution >= 0.6 is 0 Å². The van der Waals surface area contributed by atoms with E-state index in [0.29, 0.717) is 0 Å². The van der Waals surface area contributed by atoms with E-state index in [4.69, 9.17) is 0 Å². The molecule has 0 fully saturated rings. The highest BCUT2D eigenvalue weighted by Gasteiger charge is 2.13. The highest BCUT2D eigenvalue weighted by atomic mass is 19.1. The maximum absolute atomic E-state index is 13.3. The molecular weight excluding hydrogens is 244 g/mol. The number of hydrogen-bond acceptors (Lipinski definition) is 3. The van der Waals surface area contributed by atoms with Gasteiger partial charge in [0, 0.05) is 6.07 Å². The van der Waals surface area contributed by atoms with Crippen LogP contribution in [0.15, 0.2) is 45.8 Å². The van der Waals surface area contributed by atoms with E-state index in [1.54, 1.807) is 0 Å². The van der Waals surface area contributed by atoms with Gasteiger partial charge in [0.1, 0.15) is 23.6 Å². The second-order valence-electron chi connectivity index (χ2n) is 3.39. The lowest BCUT2D eigenvalue weighted by Crippen LogP contribution is -2.15. The Hall–Kier alpha value is -2.50. The smallest absolute Gasteiger partial charge is 0.335 e. The van der Waals surface area contributed by atoms with Crippen LogP contribution in [0, 0.1) is 11.6 Å². The third-order valence-electron chi connectivity index (χ3n) is 2.16. The van der Waals surface area contributed by atoms with Crippen LogP contribution in [0.2, 0.25) is 0 Å². The highest BCUT2D eigenvalue weighted by molar-refractivity contribution is 6.04. The molecule has 2 aromatic rings. The van der Waals surface area contributed by atoms with Gasteiger partial charge in [0.25, 0.3) is 5.91 Å². The maximum atomic E-state index is 13.3. The van der Waals surface area contributed by atoms with Gasteiger partial charge in [-0.15, -0.1) is 0 Å². The summed E-state index contributed by atoms with van der Waals surface area (Å²) in [5.41, 5.74) is -1.19. The zero-order chi connectivity index (χ0) is 13.1. The molecule has 0 saturated carbocycles. The average molecular weight is 251 g/mol. The Morgan fingerprint density at radius 3 is 2.33 bits per heavy atom. The minimum Gasteiger partial charge on any atom is -0.430 e. The first kappa shape index (κ1) is 12.0. The Balaban J connectivity index is 2.27. The number of carbonyl (C=O) groups excluding carboxylic acids is 1. The Labute approximate surface area is 99.9 Å². The lowest BCUT2D eigenvalue weighted by atomic mass is 10.2. The van der Waals surface area contributed by atoms with Crippen molar-refractivity contribution in [3.63, 3.8) is 0 Å². The molecule has 18 heavy (non-hydrogen) atoms. The van der Waals surface area contributed by atoms with Gasteiger partial charge in [0.05, 0.1) is 5.56 Å². The SMILES string of the molecule is O=C(Nc1c(F)cccc1F)c1ccc(=O)oc1. The quantitative estimate of drug-likeness (QED) is 0.889. The van der Waals surface area contributed by atoms with Crippen LogP contribution in [0.4, 0.5) is 14.5 Å². The van der Waals surface area contributed by atoms with Crippen LogP contribution in [-0.4, -0.2) is 5.91 Å². The van der Waals surface area contributed by atoms with E-state index in [0.717, 1.165) is 24.5 Å². The van der Waals surface area contributed by atoms with E-state index in [2.05, 4.69) is 9.73 Å². The standard InChI is InChI=1S/C12H7F2NO3/c13-8-2-1-3-9(14)11(8)15-12(17)7-4-5-10(16)18-6-7/h1-6H,(H,15,17). The van der Waals surface area contributed by atoms with Gasteiger partial charge in [0.2, 0.25) is 0 Å². The van der Waals surface area contributed by atoms with Gasteiger partial charge in [-0.2, -0.15) is 0 Å². The Kier molecular flexibility index (Phi) is 3.18. The first-order valence-corrected chi connectivity index (χ1v) is 4.92. The summed E-state index contributed by atoms with van der Waals surface area (Å²) in [6.07, 6.45) is 0.913. The van der Waals surface area contributed by atoms with E-state index in [1.807, 2.05) is 0 Å². The lowest BCUT2D eigenvalue weighted by molar-refractivity contribution is 0.102. The van der Waals surface area contributed by atoms with E-state index in [-0.39, 0.29) is 5.56 Å². The molecule has 0 unspecified atom stereocenters. The van der Waals surface area contributed by atoms with Crippen molar-refractivity contribution < 1.29 is 18.0 Å². The van der Waals surface area contributed by atoms with Gasteiger partial charge in [-0.3, -0.25) is 4.79 Å². The normalized spacial score (nSPS) is 10.1. The van der Waals surface area contributed by atoms with E-state index >= 15 is 0 Å². The molecule has 2 rings (SSSR count). The van der Waals surface area contributed by atoms with Gasteiger partial charge in [-0.1, -0.05) is 6.07 Å². The number of carbonyl (C=O) groups is 1. The molecule has 1 heterocycles. The number of halogens is 2. The molecule has 1 aromatic heterocycles. The second-order valence-corrected chi connectivity index (χ2v) is 3.39. The number of amides is 1. The molecule has 0 aliphatic carbocycles. The molecule has 92 valence electrons. The summed E-state index contributed by atoms with van der Waals surface area (Å²) >= 11 is 0. The summed E-state index contributed by atoms with van der Waals surface area (Å²) < 4.78 is 31.0. The van der Waals surface area contributed by atoms with Crippen molar-refractivity contribution in [2.24, 2.45) is 0 Å². The molecule has 0 aliphatic heterocycles. The number of para-hydroxylation sites is 1. The van der Waals surface area contributed by atoms with Crippen molar-refractivity contribution in [3.8, 4) is 0 Å². The molecule has 6 heteroatoms. The van der Waals surface area contributed by atoms with Crippen molar-refractivity contribution in [2.75, 3.05) is 5.32 Å². The van der Waals surface area contributed by atoms with Gasteiger partial charge >= 0.3 is 5.63 Å². The highest BCUT2D eigenvalue weighted by Crippen LogP contribution is 2.18. The molecule has 0 atom stereocenters. The third kappa shape index (κ3) is 2.42. The fourth-order valence-corrected chi connectivity index (χ4v) is 1.29. The van der Waals surface area contributed by atoms with Gasteiger partial charge in [-0.25, -0.2) is 13.6 Å². The fourth-order valence-electron chi connectivity index (χ4n) is 1.29.